The number of ether oxygens (including phenoxy) is 2. The number of nitrogens with zero attached hydrogens (tertiary/aromatic N) is 3. The van der Waals surface area contributed by atoms with Crippen molar-refractivity contribution in [1.82, 2.24) is 14.9 Å². The van der Waals surface area contributed by atoms with E-state index in [-0.39, 0.29) is 11.7 Å². The van der Waals surface area contributed by atoms with Crippen molar-refractivity contribution in [3.8, 4) is 5.75 Å². The van der Waals surface area contributed by atoms with Gasteiger partial charge in [-0.3, -0.25) is 14.9 Å². The van der Waals surface area contributed by atoms with Crippen LogP contribution in [0.3, 0.4) is 0 Å². The van der Waals surface area contributed by atoms with Gasteiger partial charge in [-0.15, -0.1) is 0 Å². The molecule has 0 aromatic carbocycles. The zero-order valence-corrected chi connectivity index (χ0v) is 14.7. The Bertz CT molecular complexity index is 709. The third-order valence-electron chi connectivity index (χ3n) is 5.06. The van der Waals surface area contributed by atoms with Gasteiger partial charge in [-0.25, -0.2) is 0 Å². The molecule has 2 atom stereocenters. The van der Waals surface area contributed by atoms with Gasteiger partial charge in [0.1, 0.15) is 11.9 Å². The highest BCUT2D eigenvalue weighted by Crippen LogP contribution is 2.36. The largest absolute Gasteiger partial charge is 0.486 e. The zero-order chi connectivity index (χ0) is 17.1. The first kappa shape index (κ1) is 16.5. The van der Waals surface area contributed by atoms with E-state index in [1.54, 1.807) is 12.4 Å². The predicted molar refractivity (Wildman–Crippen MR) is 95.4 cm³/mol. The number of aromatic nitrogens is 2. The summed E-state index contributed by atoms with van der Waals surface area (Å²) in [5, 5.41) is 0. The third kappa shape index (κ3) is 3.99. The highest BCUT2D eigenvalue weighted by molar-refractivity contribution is 5.16. The van der Waals surface area contributed by atoms with Gasteiger partial charge in [0.05, 0.1) is 24.1 Å². The number of likely N-dealkylation sites (tertiary alicyclic amines) is 1. The molecule has 0 unspecified atom stereocenters. The minimum absolute atomic E-state index is 0.0745. The lowest BCUT2D eigenvalue weighted by molar-refractivity contribution is -0.0540. The Morgan fingerprint density at radius 1 is 1.32 bits per heavy atom. The van der Waals surface area contributed by atoms with E-state index in [1.807, 2.05) is 25.1 Å². The number of rotatable bonds is 4. The van der Waals surface area contributed by atoms with E-state index in [0.29, 0.717) is 6.61 Å². The molecule has 132 valence electrons. The maximum atomic E-state index is 6.25. The van der Waals surface area contributed by atoms with Crippen molar-refractivity contribution in [2.45, 2.75) is 44.4 Å². The molecule has 4 rings (SSSR count). The summed E-state index contributed by atoms with van der Waals surface area (Å²) in [7, 11) is 0. The molecule has 0 bridgehead atoms. The van der Waals surface area contributed by atoms with E-state index in [0.717, 1.165) is 56.0 Å². The molecular formula is C20H25N3O2. The average Bonchev–Trinajstić information content (AvgIpc) is 2.97. The minimum atomic E-state index is -0.0745. The van der Waals surface area contributed by atoms with Crippen LogP contribution in [0.4, 0.5) is 0 Å². The van der Waals surface area contributed by atoms with Gasteiger partial charge in [0.2, 0.25) is 0 Å². The quantitative estimate of drug-likeness (QED) is 0.857. The number of aryl methyl sites for hydroxylation is 1. The first-order chi connectivity index (χ1) is 12.2. The van der Waals surface area contributed by atoms with E-state index in [1.165, 1.54) is 0 Å². The standard InChI is InChI=1S/C20H25N3O2/c1-16-5-2-6-17(22-16)13-23-10-4-8-20(15-23)11-19(14-24-20)25-18-7-3-9-21-12-18/h2-3,5-7,9,12,19H,4,8,10-11,13-15H2,1H3/t19-,20-/m1/s1. The summed E-state index contributed by atoms with van der Waals surface area (Å²) < 4.78 is 12.3. The molecule has 0 radical (unpaired) electrons. The van der Waals surface area contributed by atoms with Gasteiger partial charge in [-0.05, 0) is 50.6 Å². The van der Waals surface area contributed by atoms with Crippen molar-refractivity contribution < 1.29 is 9.47 Å². The van der Waals surface area contributed by atoms with E-state index >= 15 is 0 Å². The lowest BCUT2D eigenvalue weighted by Gasteiger charge is -2.39. The Balaban J connectivity index is 1.37. The molecule has 2 aliphatic rings. The average molecular weight is 339 g/mol. The summed E-state index contributed by atoms with van der Waals surface area (Å²) in [6.07, 6.45) is 6.85. The Morgan fingerprint density at radius 3 is 3.12 bits per heavy atom. The molecule has 2 aliphatic heterocycles. The van der Waals surface area contributed by atoms with Crippen molar-refractivity contribution in [2.24, 2.45) is 0 Å². The molecule has 2 fully saturated rings. The molecule has 25 heavy (non-hydrogen) atoms. The zero-order valence-electron chi connectivity index (χ0n) is 14.7. The van der Waals surface area contributed by atoms with Crippen LogP contribution in [-0.4, -0.2) is 46.3 Å². The number of hydrogen-bond donors (Lipinski definition) is 0. The smallest absolute Gasteiger partial charge is 0.138 e. The fourth-order valence-corrected chi connectivity index (χ4v) is 4.01. The van der Waals surface area contributed by atoms with Crippen LogP contribution in [-0.2, 0) is 11.3 Å². The van der Waals surface area contributed by atoms with Crippen LogP contribution in [0, 0.1) is 6.92 Å². The van der Waals surface area contributed by atoms with E-state index in [2.05, 4.69) is 27.0 Å². The van der Waals surface area contributed by atoms with Crippen LogP contribution in [0.25, 0.3) is 0 Å². The Kier molecular flexibility index (Phi) is 4.68. The van der Waals surface area contributed by atoms with Gasteiger partial charge in [0.25, 0.3) is 0 Å². The van der Waals surface area contributed by atoms with Gasteiger partial charge < -0.3 is 9.47 Å². The number of hydrogen-bond acceptors (Lipinski definition) is 5. The lowest BCUT2D eigenvalue weighted by atomic mass is 9.89. The summed E-state index contributed by atoms with van der Waals surface area (Å²) >= 11 is 0. The van der Waals surface area contributed by atoms with Gasteiger partial charge in [0.15, 0.2) is 0 Å². The van der Waals surface area contributed by atoms with Crippen molar-refractivity contribution in [3.63, 3.8) is 0 Å². The second-order valence-electron chi connectivity index (χ2n) is 7.21. The SMILES string of the molecule is Cc1cccc(CN2CCC[C@@]3(C[C@@H](Oc4cccnc4)CO3)C2)n1. The summed E-state index contributed by atoms with van der Waals surface area (Å²) in [5.41, 5.74) is 2.14. The van der Waals surface area contributed by atoms with Crippen LogP contribution in [0.5, 0.6) is 5.75 Å². The van der Waals surface area contributed by atoms with Crippen LogP contribution in [0.15, 0.2) is 42.7 Å². The Morgan fingerprint density at radius 2 is 2.28 bits per heavy atom. The Labute approximate surface area is 149 Å². The first-order valence-electron chi connectivity index (χ1n) is 9.06. The number of pyridine rings is 2. The molecule has 2 saturated heterocycles. The van der Waals surface area contributed by atoms with Gasteiger partial charge in [-0.1, -0.05) is 6.07 Å². The second-order valence-corrected chi connectivity index (χ2v) is 7.21. The molecule has 0 amide bonds. The van der Waals surface area contributed by atoms with Crippen LogP contribution in [0.1, 0.15) is 30.7 Å². The molecule has 0 saturated carbocycles. The van der Waals surface area contributed by atoms with Crippen molar-refractivity contribution >= 4 is 0 Å². The molecule has 5 heteroatoms. The highest BCUT2D eigenvalue weighted by Gasteiger charge is 2.44. The Hall–Kier alpha value is -1.98. The fraction of sp³-hybridized carbons (Fsp3) is 0.500. The second kappa shape index (κ2) is 7.10. The van der Waals surface area contributed by atoms with E-state index in [4.69, 9.17) is 9.47 Å². The molecule has 2 aromatic rings. The lowest BCUT2D eigenvalue weighted by Crippen LogP contribution is -2.47. The monoisotopic (exact) mass is 339 g/mol. The fourth-order valence-electron chi connectivity index (χ4n) is 4.01. The van der Waals surface area contributed by atoms with Gasteiger partial charge in [0, 0.05) is 31.4 Å². The topological polar surface area (TPSA) is 47.5 Å². The molecule has 0 N–H and O–H groups in total. The highest BCUT2D eigenvalue weighted by atomic mass is 16.6. The van der Waals surface area contributed by atoms with Crippen molar-refractivity contribution in [1.29, 1.82) is 0 Å². The summed E-state index contributed by atoms with van der Waals surface area (Å²) in [4.78, 5) is 11.2. The van der Waals surface area contributed by atoms with Gasteiger partial charge >= 0.3 is 0 Å². The molecule has 4 heterocycles. The van der Waals surface area contributed by atoms with Gasteiger partial charge in [-0.2, -0.15) is 0 Å². The molecule has 0 aliphatic carbocycles. The van der Waals surface area contributed by atoms with E-state index in [9.17, 15) is 0 Å². The maximum absolute atomic E-state index is 6.25. The third-order valence-corrected chi connectivity index (χ3v) is 5.06. The van der Waals surface area contributed by atoms with Crippen molar-refractivity contribution in [2.75, 3.05) is 19.7 Å². The van der Waals surface area contributed by atoms with E-state index < -0.39 is 0 Å². The molecule has 5 nitrogen and oxygen atoms in total. The summed E-state index contributed by atoms with van der Waals surface area (Å²) in [5.74, 6) is 0.824. The van der Waals surface area contributed by atoms with Crippen LogP contribution >= 0.6 is 0 Å². The summed E-state index contributed by atoms with van der Waals surface area (Å²) in [6.45, 7) is 5.65. The molecule has 1 spiro atoms. The maximum Gasteiger partial charge on any atom is 0.138 e. The van der Waals surface area contributed by atoms with Crippen molar-refractivity contribution in [3.05, 3.63) is 54.1 Å². The number of piperidine rings is 1. The minimum Gasteiger partial charge on any atom is -0.486 e. The van der Waals surface area contributed by atoms with Crippen LogP contribution in [0.2, 0.25) is 0 Å². The normalized spacial score (nSPS) is 26.8. The first-order valence-corrected chi connectivity index (χ1v) is 9.06. The predicted octanol–water partition coefficient (Wildman–Crippen LogP) is 2.99. The molecular weight excluding hydrogens is 314 g/mol. The molecule has 2 aromatic heterocycles. The summed E-state index contributed by atoms with van der Waals surface area (Å²) in [6, 6.07) is 10.1. The van der Waals surface area contributed by atoms with Crippen LogP contribution < -0.4 is 4.74 Å².